The number of nitrogens with zero attached hydrogens (tertiary/aromatic N) is 2. The molecule has 25 heavy (non-hydrogen) atoms. The lowest BCUT2D eigenvalue weighted by Gasteiger charge is -2.34. The van der Waals surface area contributed by atoms with Crippen LogP contribution in [0.4, 0.5) is 13.2 Å². The highest BCUT2D eigenvalue weighted by Crippen LogP contribution is 2.39. The lowest BCUT2D eigenvalue weighted by Crippen LogP contribution is -2.64. The maximum atomic E-state index is 13.3. The minimum absolute atomic E-state index is 0.153. The Bertz CT molecular complexity index is 662. The predicted molar refractivity (Wildman–Crippen MR) is 79.6 cm³/mol. The van der Waals surface area contributed by atoms with Crippen LogP contribution in [-0.2, 0) is 9.57 Å². The molecule has 7 nitrogen and oxygen atoms in total. The lowest BCUT2D eigenvalue weighted by atomic mass is 10.0. The summed E-state index contributed by atoms with van der Waals surface area (Å²) in [6.07, 6.45) is -5.15. The molecule has 1 amide bonds. The Morgan fingerprint density at radius 3 is 2.52 bits per heavy atom. The van der Waals surface area contributed by atoms with Gasteiger partial charge in [0.05, 0.1) is 13.2 Å². The zero-order valence-electron chi connectivity index (χ0n) is 13.0. The summed E-state index contributed by atoms with van der Waals surface area (Å²) >= 11 is 0. The van der Waals surface area contributed by atoms with Crippen LogP contribution in [0.3, 0.4) is 0 Å². The van der Waals surface area contributed by atoms with E-state index >= 15 is 0 Å². The van der Waals surface area contributed by atoms with Crippen molar-refractivity contribution in [2.75, 3.05) is 26.3 Å². The Balaban J connectivity index is 1.87. The summed E-state index contributed by atoms with van der Waals surface area (Å²) in [5.74, 6) is -4.60. The number of hydrogen-bond acceptors (Lipinski definition) is 6. The van der Waals surface area contributed by atoms with Crippen molar-refractivity contribution in [3.63, 3.8) is 0 Å². The van der Waals surface area contributed by atoms with Gasteiger partial charge in [0.15, 0.2) is 11.9 Å². The van der Waals surface area contributed by atoms with Crippen molar-refractivity contribution in [3.05, 3.63) is 35.9 Å². The third-order valence-corrected chi connectivity index (χ3v) is 3.98. The molecule has 2 N–H and O–H groups in total. The monoisotopic (exact) mass is 359 g/mol. The zero-order valence-corrected chi connectivity index (χ0v) is 13.0. The van der Waals surface area contributed by atoms with Crippen LogP contribution >= 0.6 is 0 Å². The molecule has 0 aromatic heterocycles. The molecule has 1 aromatic carbocycles. The van der Waals surface area contributed by atoms with Crippen molar-refractivity contribution in [2.24, 2.45) is 5.16 Å². The van der Waals surface area contributed by atoms with Gasteiger partial charge in [-0.2, -0.15) is 13.2 Å². The van der Waals surface area contributed by atoms with E-state index in [0.717, 1.165) is 0 Å². The predicted octanol–water partition coefficient (Wildman–Crippen LogP) is 0.712. The van der Waals surface area contributed by atoms with E-state index in [9.17, 15) is 23.1 Å². The molecule has 2 heterocycles. The standard InChI is InChI=1S/C15H16F3N3O4/c16-15(17,18)14(23)11(19-13(22)10-4-2-1-3-5-10)12(20-25-14)21-6-8-24-9-7-21/h1-5,11,23H,6-9H2,(H,19,22)/t11-,14+/m0/s1. The van der Waals surface area contributed by atoms with E-state index in [2.05, 4.69) is 15.3 Å². The summed E-state index contributed by atoms with van der Waals surface area (Å²) in [7, 11) is 0. The first-order valence-electron chi connectivity index (χ1n) is 7.57. The number of hydrogen-bond donors (Lipinski definition) is 2. The number of rotatable bonds is 2. The molecular formula is C15H16F3N3O4. The maximum Gasteiger partial charge on any atom is 0.460 e. The molecular weight excluding hydrogens is 343 g/mol. The van der Waals surface area contributed by atoms with Crippen molar-refractivity contribution in [1.29, 1.82) is 0 Å². The van der Waals surface area contributed by atoms with Crippen molar-refractivity contribution < 1.29 is 32.6 Å². The average molecular weight is 359 g/mol. The highest BCUT2D eigenvalue weighted by Gasteiger charge is 2.68. The van der Waals surface area contributed by atoms with E-state index < -0.39 is 23.9 Å². The molecule has 3 rings (SSSR count). The fraction of sp³-hybridized carbons (Fsp3) is 0.467. The van der Waals surface area contributed by atoms with Crippen LogP contribution in [0.5, 0.6) is 0 Å². The summed E-state index contributed by atoms with van der Waals surface area (Å²) in [4.78, 5) is 18.1. The number of amides is 1. The first kappa shape index (κ1) is 17.5. The van der Waals surface area contributed by atoms with Crippen molar-refractivity contribution in [2.45, 2.75) is 18.0 Å². The summed E-state index contributed by atoms with van der Waals surface area (Å²) < 4.78 is 45.2. The van der Waals surface area contributed by atoms with E-state index in [1.807, 2.05) is 0 Å². The molecule has 1 saturated heterocycles. The van der Waals surface area contributed by atoms with Gasteiger partial charge in [0.25, 0.3) is 5.91 Å². The number of amidine groups is 1. The summed E-state index contributed by atoms with van der Waals surface area (Å²) in [5.41, 5.74) is 0.153. The molecule has 136 valence electrons. The normalized spacial score (nSPS) is 26.8. The van der Waals surface area contributed by atoms with Crippen LogP contribution < -0.4 is 5.32 Å². The van der Waals surface area contributed by atoms with Crippen LogP contribution in [-0.4, -0.2) is 66.1 Å². The number of alkyl halides is 3. The van der Waals surface area contributed by atoms with Gasteiger partial charge in [-0.25, -0.2) is 0 Å². The van der Waals surface area contributed by atoms with Crippen LogP contribution in [0, 0.1) is 0 Å². The number of aliphatic hydroxyl groups is 1. The number of ether oxygens (including phenoxy) is 1. The van der Waals surface area contributed by atoms with E-state index in [1.54, 1.807) is 18.2 Å². The Morgan fingerprint density at radius 2 is 1.92 bits per heavy atom. The van der Waals surface area contributed by atoms with Gasteiger partial charge >= 0.3 is 12.0 Å². The van der Waals surface area contributed by atoms with Gasteiger partial charge in [0.1, 0.15) is 0 Å². The second-order valence-corrected chi connectivity index (χ2v) is 5.61. The molecule has 2 aliphatic heterocycles. The number of carbonyl (C=O) groups is 1. The fourth-order valence-electron chi connectivity index (χ4n) is 2.61. The first-order valence-corrected chi connectivity index (χ1v) is 7.57. The Labute approximate surface area is 141 Å². The van der Waals surface area contributed by atoms with Gasteiger partial charge in [-0.15, -0.1) is 0 Å². The largest absolute Gasteiger partial charge is 0.460 e. The smallest absolute Gasteiger partial charge is 0.378 e. The highest BCUT2D eigenvalue weighted by atomic mass is 19.4. The minimum Gasteiger partial charge on any atom is -0.378 e. The number of oxime groups is 1. The van der Waals surface area contributed by atoms with E-state index in [1.165, 1.54) is 17.0 Å². The van der Waals surface area contributed by atoms with E-state index in [4.69, 9.17) is 4.74 Å². The van der Waals surface area contributed by atoms with Gasteiger partial charge in [-0.1, -0.05) is 23.4 Å². The second-order valence-electron chi connectivity index (χ2n) is 5.61. The summed E-state index contributed by atoms with van der Waals surface area (Å²) in [6.45, 7) is 1.13. The molecule has 2 atom stereocenters. The van der Waals surface area contributed by atoms with Gasteiger partial charge in [0, 0.05) is 18.7 Å². The molecule has 2 aliphatic rings. The molecule has 1 fully saturated rings. The maximum absolute atomic E-state index is 13.3. The summed E-state index contributed by atoms with van der Waals surface area (Å²) in [5, 5.41) is 15.7. The van der Waals surface area contributed by atoms with Crippen LogP contribution in [0.25, 0.3) is 0 Å². The Hall–Kier alpha value is -2.33. The quantitative estimate of drug-likeness (QED) is 0.813. The van der Waals surface area contributed by atoms with Crippen molar-refractivity contribution in [1.82, 2.24) is 10.2 Å². The summed E-state index contributed by atoms with van der Waals surface area (Å²) in [6, 6.07) is 5.83. The Morgan fingerprint density at radius 1 is 1.28 bits per heavy atom. The van der Waals surface area contributed by atoms with E-state index in [-0.39, 0.29) is 24.5 Å². The van der Waals surface area contributed by atoms with Crippen molar-refractivity contribution in [3.8, 4) is 0 Å². The average Bonchev–Trinajstić information content (AvgIpc) is 2.94. The number of nitrogens with one attached hydrogen (secondary N) is 1. The molecule has 0 radical (unpaired) electrons. The second kappa shape index (κ2) is 6.52. The SMILES string of the molecule is O=C(N[C@H]1C(N2CCOCC2)=NO[C@@]1(O)C(F)(F)F)c1ccccc1. The molecule has 0 unspecified atom stereocenters. The zero-order chi connectivity index (χ0) is 18.1. The molecule has 0 bridgehead atoms. The topological polar surface area (TPSA) is 83.4 Å². The van der Waals surface area contributed by atoms with Crippen LogP contribution in [0.15, 0.2) is 35.5 Å². The van der Waals surface area contributed by atoms with Crippen LogP contribution in [0.1, 0.15) is 10.4 Å². The molecule has 0 spiro atoms. The number of halogens is 3. The van der Waals surface area contributed by atoms with Crippen molar-refractivity contribution >= 4 is 11.7 Å². The first-order chi connectivity index (χ1) is 11.8. The lowest BCUT2D eigenvalue weighted by molar-refractivity contribution is -0.361. The third kappa shape index (κ3) is 3.27. The number of benzene rings is 1. The van der Waals surface area contributed by atoms with Crippen LogP contribution in [0.2, 0.25) is 0 Å². The van der Waals surface area contributed by atoms with Gasteiger partial charge in [-0.3, -0.25) is 4.79 Å². The molecule has 1 aromatic rings. The molecule has 10 heteroatoms. The van der Waals surface area contributed by atoms with Gasteiger partial charge < -0.3 is 24.9 Å². The molecule has 0 saturated carbocycles. The molecule has 0 aliphatic carbocycles. The highest BCUT2D eigenvalue weighted by molar-refractivity contribution is 5.99. The van der Waals surface area contributed by atoms with E-state index in [0.29, 0.717) is 13.2 Å². The fourth-order valence-corrected chi connectivity index (χ4v) is 2.61. The van der Waals surface area contributed by atoms with Gasteiger partial charge in [0.2, 0.25) is 0 Å². The third-order valence-electron chi connectivity index (χ3n) is 3.98. The van der Waals surface area contributed by atoms with Gasteiger partial charge in [-0.05, 0) is 12.1 Å². The minimum atomic E-state index is -5.15. The number of morpholine rings is 1. The number of carbonyl (C=O) groups excluding carboxylic acids is 1. The Kier molecular flexibility index (Phi) is 4.56.